The molecule has 1 aromatic heterocycles. The molecule has 0 aliphatic rings. The summed E-state index contributed by atoms with van der Waals surface area (Å²) in [6.07, 6.45) is -0.516. The van der Waals surface area contributed by atoms with E-state index < -0.39 is 11.7 Å². The van der Waals surface area contributed by atoms with Gasteiger partial charge in [0.2, 0.25) is 0 Å². The van der Waals surface area contributed by atoms with E-state index in [4.69, 9.17) is 4.74 Å². The molecule has 0 saturated carbocycles. The van der Waals surface area contributed by atoms with Crippen LogP contribution in [-0.4, -0.2) is 36.6 Å². The highest BCUT2D eigenvalue weighted by atomic mass is 32.1. The molecule has 0 bridgehead atoms. The third-order valence-corrected chi connectivity index (χ3v) is 3.35. The SMILES string of the molecule is Cc1c(NC(=O)OC(C)(C)C)csc1C(=O)N(C)C. The smallest absolute Gasteiger partial charge is 0.412 e. The maximum atomic E-state index is 11.9. The summed E-state index contributed by atoms with van der Waals surface area (Å²) in [5.41, 5.74) is 0.829. The van der Waals surface area contributed by atoms with Gasteiger partial charge in [0.25, 0.3) is 5.91 Å². The van der Waals surface area contributed by atoms with Crippen LogP contribution in [0.25, 0.3) is 0 Å². The highest BCUT2D eigenvalue weighted by Gasteiger charge is 2.20. The first-order valence-corrected chi connectivity index (χ1v) is 6.79. The standard InChI is InChI=1S/C13H20N2O3S/c1-8-9(14-12(17)18-13(2,3)4)7-19-10(8)11(16)15(5)6/h7H,1-6H3,(H,14,17). The zero-order valence-electron chi connectivity index (χ0n) is 12.2. The Balaban J connectivity index is 2.82. The van der Waals surface area contributed by atoms with Gasteiger partial charge in [-0.05, 0) is 33.3 Å². The van der Waals surface area contributed by atoms with Crippen molar-refractivity contribution in [1.82, 2.24) is 4.90 Å². The summed E-state index contributed by atoms with van der Waals surface area (Å²) >= 11 is 1.31. The maximum absolute atomic E-state index is 11.9. The number of carbonyl (C=O) groups is 2. The summed E-state index contributed by atoms with van der Waals surface area (Å²) in [7, 11) is 3.39. The third kappa shape index (κ3) is 4.24. The van der Waals surface area contributed by atoms with Crippen LogP contribution < -0.4 is 5.32 Å². The summed E-state index contributed by atoms with van der Waals surface area (Å²) in [6.45, 7) is 7.20. The second-order valence-electron chi connectivity index (χ2n) is 5.43. The van der Waals surface area contributed by atoms with Crippen LogP contribution in [0.5, 0.6) is 0 Å². The predicted molar refractivity (Wildman–Crippen MR) is 76.9 cm³/mol. The summed E-state index contributed by atoms with van der Waals surface area (Å²) in [6, 6.07) is 0. The molecule has 106 valence electrons. The van der Waals surface area contributed by atoms with Crippen molar-refractivity contribution < 1.29 is 14.3 Å². The third-order valence-electron chi connectivity index (χ3n) is 2.28. The van der Waals surface area contributed by atoms with Crippen molar-refractivity contribution in [3.8, 4) is 0 Å². The van der Waals surface area contributed by atoms with Gasteiger partial charge in [-0.2, -0.15) is 0 Å². The van der Waals surface area contributed by atoms with E-state index in [1.807, 2.05) is 0 Å². The number of nitrogens with zero attached hydrogens (tertiary/aromatic N) is 1. The molecule has 0 spiro atoms. The Morgan fingerprint density at radius 1 is 1.32 bits per heavy atom. The molecule has 1 aromatic rings. The van der Waals surface area contributed by atoms with Crippen molar-refractivity contribution in [2.45, 2.75) is 33.3 Å². The van der Waals surface area contributed by atoms with E-state index in [0.29, 0.717) is 10.6 Å². The Kier molecular flexibility index (Phi) is 4.57. The minimum absolute atomic E-state index is 0.0697. The fraction of sp³-hybridized carbons (Fsp3) is 0.538. The Hall–Kier alpha value is -1.56. The van der Waals surface area contributed by atoms with Crippen LogP contribution in [0, 0.1) is 6.92 Å². The number of ether oxygens (including phenoxy) is 1. The van der Waals surface area contributed by atoms with Crippen molar-refractivity contribution in [3.63, 3.8) is 0 Å². The topological polar surface area (TPSA) is 58.6 Å². The van der Waals surface area contributed by atoms with Gasteiger partial charge in [0.15, 0.2) is 0 Å². The van der Waals surface area contributed by atoms with E-state index in [0.717, 1.165) is 5.56 Å². The summed E-state index contributed by atoms with van der Waals surface area (Å²) in [5, 5.41) is 4.41. The number of amides is 2. The van der Waals surface area contributed by atoms with Gasteiger partial charge in [0.1, 0.15) is 5.60 Å². The number of nitrogens with one attached hydrogen (secondary N) is 1. The lowest BCUT2D eigenvalue weighted by Gasteiger charge is -2.19. The summed E-state index contributed by atoms with van der Waals surface area (Å²) in [4.78, 5) is 25.7. The highest BCUT2D eigenvalue weighted by Crippen LogP contribution is 2.27. The average Bonchev–Trinajstić information content (AvgIpc) is 2.56. The zero-order chi connectivity index (χ0) is 14.8. The van der Waals surface area contributed by atoms with Crippen LogP contribution in [0.15, 0.2) is 5.38 Å². The molecular weight excluding hydrogens is 264 g/mol. The molecule has 0 fully saturated rings. The maximum Gasteiger partial charge on any atom is 0.412 e. The van der Waals surface area contributed by atoms with Crippen LogP contribution >= 0.6 is 11.3 Å². The minimum Gasteiger partial charge on any atom is -0.444 e. The lowest BCUT2D eigenvalue weighted by molar-refractivity contribution is 0.0635. The van der Waals surface area contributed by atoms with Crippen LogP contribution in [0.1, 0.15) is 36.0 Å². The van der Waals surface area contributed by atoms with Crippen molar-refractivity contribution in [3.05, 3.63) is 15.8 Å². The fourth-order valence-electron chi connectivity index (χ4n) is 1.37. The summed E-state index contributed by atoms with van der Waals surface area (Å²) < 4.78 is 5.17. The molecule has 0 aliphatic heterocycles. The highest BCUT2D eigenvalue weighted by molar-refractivity contribution is 7.12. The molecule has 0 radical (unpaired) electrons. The lowest BCUT2D eigenvalue weighted by Crippen LogP contribution is -2.27. The Morgan fingerprint density at radius 3 is 2.37 bits per heavy atom. The minimum atomic E-state index is -0.545. The molecule has 1 heterocycles. The van der Waals surface area contributed by atoms with Crippen LogP contribution in [0.3, 0.4) is 0 Å². The van der Waals surface area contributed by atoms with Gasteiger partial charge >= 0.3 is 6.09 Å². The first-order chi connectivity index (χ1) is 8.61. The van der Waals surface area contributed by atoms with Gasteiger partial charge in [0, 0.05) is 19.5 Å². The van der Waals surface area contributed by atoms with Gasteiger partial charge in [-0.3, -0.25) is 10.1 Å². The average molecular weight is 284 g/mol. The Labute approximate surface area is 117 Å². The lowest BCUT2D eigenvalue weighted by atomic mass is 10.2. The van der Waals surface area contributed by atoms with Gasteiger partial charge in [-0.25, -0.2) is 4.79 Å². The molecule has 1 rings (SSSR count). The quantitative estimate of drug-likeness (QED) is 0.907. The molecule has 6 heteroatoms. The first kappa shape index (κ1) is 15.5. The van der Waals surface area contributed by atoms with E-state index >= 15 is 0 Å². The second kappa shape index (κ2) is 5.61. The van der Waals surface area contributed by atoms with Gasteiger partial charge < -0.3 is 9.64 Å². The van der Waals surface area contributed by atoms with Crippen molar-refractivity contribution in [2.75, 3.05) is 19.4 Å². The number of anilines is 1. The van der Waals surface area contributed by atoms with Crippen molar-refractivity contribution >= 4 is 29.0 Å². The van der Waals surface area contributed by atoms with E-state index in [1.54, 1.807) is 47.2 Å². The normalized spacial score (nSPS) is 11.1. The van der Waals surface area contributed by atoms with E-state index in [-0.39, 0.29) is 5.91 Å². The first-order valence-electron chi connectivity index (χ1n) is 5.91. The number of carbonyl (C=O) groups excluding carboxylic acids is 2. The Bertz CT molecular complexity index is 487. The van der Waals surface area contributed by atoms with Crippen LogP contribution in [0.4, 0.5) is 10.5 Å². The molecule has 0 atom stereocenters. The largest absolute Gasteiger partial charge is 0.444 e. The zero-order valence-corrected chi connectivity index (χ0v) is 13.0. The molecule has 0 aromatic carbocycles. The second-order valence-corrected chi connectivity index (χ2v) is 6.31. The number of thiophene rings is 1. The van der Waals surface area contributed by atoms with E-state index in [2.05, 4.69) is 5.32 Å². The van der Waals surface area contributed by atoms with Crippen LogP contribution in [0.2, 0.25) is 0 Å². The van der Waals surface area contributed by atoms with E-state index in [1.165, 1.54) is 16.2 Å². The molecule has 0 unspecified atom stereocenters. The van der Waals surface area contributed by atoms with E-state index in [9.17, 15) is 9.59 Å². The fourth-order valence-corrected chi connectivity index (χ4v) is 2.41. The number of hydrogen-bond donors (Lipinski definition) is 1. The van der Waals surface area contributed by atoms with Crippen molar-refractivity contribution in [1.29, 1.82) is 0 Å². The summed E-state index contributed by atoms with van der Waals surface area (Å²) in [5.74, 6) is -0.0697. The van der Waals surface area contributed by atoms with Crippen LogP contribution in [-0.2, 0) is 4.74 Å². The number of rotatable bonds is 2. The predicted octanol–water partition coefficient (Wildman–Crippen LogP) is 3.11. The molecule has 5 nitrogen and oxygen atoms in total. The molecule has 0 aliphatic carbocycles. The molecular formula is C13H20N2O3S. The van der Waals surface area contributed by atoms with Gasteiger partial charge in [0.05, 0.1) is 10.6 Å². The molecule has 2 amide bonds. The van der Waals surface area contributed by atoms with Crippen molar-refractivity contribution in [2.24, 2.45) is 0 Å². The molecule has 1 N–H and O–H groups in total. The number of hydrogen-bond acceptors (Lipinski definition) is 4. The monoisotopic (exact) mass is 284 g/mol. The molecule has 19 heavy (non-hydrogen) atoms. The molecule has 0 saturated heterocycles. The van der Waals surface area contributed by atoms with Gasteiger partial charge in [-0.15, -0.1) is 11.3 Å². The van der Waals surface area contributed by atoms with Gasteiger partial charge in [-0.1, -0.05) is 0 Å². The Morgan fingerprint density at radius 2 is 1.89 bits per heavy atom.